The van der Waals surface area contributed by atoms with E-state index >= 15 is 0 Å². The lowest BCUT2D eigenvalue weighted by atomic mass is 9.78. The number of anilines is 1. The molecule has 0 saturated heterocycles. The van der Waals surface area contributed by atoms with E-state index in [1.807, 2.05) is 0 Å². The molecule has 136 valence electrons. The van der Waals surface area contributed by atoms with E-state index in [0.717, 1.165) is 19.3 Å². The molecule has 2 bridgehead atoms. The molecule has 0 radical (unpaired) electrons. The van der Waals surface area contributed by atoms with Crippen LogP contribution in [0.15, 0.2) is 12.1 Å². The van der Waals surface area contributed by atoms with Crippen LogP contribution in [0.25, 0.3) is 0 Å². The van der Waals surface area contributed by atoms with E-state index in [2.05, 4.69) is 5.32 Å². The molecule has 25 heavy (non-hydrogen) atoms. The fourth-order valence-electron chi connectivity index (χ4n) is 4.40. The van der Waals surface area contributed by atoms with E-state index in [4.69, 9.17) is 14.2 Å². The predicted octanol–water partition coefficient (Wildman–Crippen LogP) is 2.40. The highest BCUT2D eigenvalue weighted by atomic mass is 16.5. The van der Waals surface area contributed by atoms with Gasteiger partial charge in [-0.15, -0.1) is 0 Å². The maximum atomic E-state index is 12.8. The molecule has 1 aromatic rings. The zero-order valence-electron chi connectivity index (χ0n) is 14.6. The Morgan fingerprint density at radius 3 is 2.04 bits per heavy atom. The summed E-state index contributed by atoms with van der Waals surface area (Å²) in [6.07, 6.45) is 2.64. The highest BCUT2D eigenvalue weighted by molar-refractivity contribution is 5.96. The van der Waals surface area contributed by atoms with Gasteiger partial charge in [0.05, 0.1) is 33.2 Å². The van der Waals surface area contributed by atoms with Crippen LogP contribution in [0.1, 0.15) is 19.3 Å². The Kier molecular flexibility index (Phi) is 4.74. The fraction of sp³-hybridized carbons (Fsp3) is 0.556. The summed E-state index contributed by atoms with van der Waals surface area (Å²) >= 11 is 0. The molecule has 3 rings (SSSR count). The van der Waals surface area contributed by atoms with Crippen LogP contribution in [-0.4, -0.2) is 38.3 Å². The molecule has 0 heterocycles. The van der Waals surface area contributed by atoms with Gasteiger partial charge in [-0.25, -0.2) is 0 Å². The number of aliphatic carboxylic acids is 1. The normalized spacial score (nSPS) is 27.0. The van der Waals surface area contributed by atoms with Crippen molar-refractivity contribution in [3.05, 3.63) is 12.1 Å². The summed E-state index contributed by atoms with van der Waals surface area (Å²) in [6, 6.07) is 3.28. The summed E-state index contributed by atoms with van der Waals surface area (Å²) in [5, 5.41) is 12.4. The van der Waals surface area contributed by atoms with E-state index < -0.39 is 17.8 Å². The van der Waals surface area contributed by atoms with Gasteiger partial charge in [-0.2, -0.15) is 0 Å². The standard InChI is InChI=1S/C18H23NO6/c1-23-12-7-11(8-13(24-2)16(12)25-3)19-17(20)14-9-4-5-10(6-9)15(14)18(21)22/h7-10,14-15H,4-6H2,1-3H3,(H,19,20)(H,21,22)/t9-,10+,14-,15+/m1/s1. The molecular formula is C18H23NO6. The average Bonchev–Trinajstić information content (AvgIpc) is 3.21. The molecule has 0 aromatic heterocycles. The SMILES string of the molecule is COc1cc(NC(=O)[C@@H]2[C@@H]3CC[C@@H](C3)[C@@H]2C(=O)O)cc(OC)c1OC. The first kappa shape index (κ1) is 17.4. The Hall–Kier alpha value is -2.44. The van der Waals surface area contributed by atoms with Gasteiger partial charge in [0.1, 0.15) is 0 Å². The van der Waals surface area contributed by atoms with Crippen molar-refractivity contribution in [3.8, 4) is 17.2 Å². The molecule has 2 aliphatic carbocycles. The van der Waals surface area contributed by atoms with Gasteiger partial charge in [0.15, 0.2) is 11.5 Å². The van der Waals surface area contributed by atoms with Gasteiger partial charge in [-0.3, -0.25) is 9.59 Å². The van der Waals surface area contributed by atoms with Crippen LogP contribution in [0.3, 0.4) is 0 Å². The smallest absolute Gasteiger partial charge is 0.307 e. The average molecular weight is 349 g/mol. The maximum absolute atomic E-state index is 12.8. The first-order valence-corrected chi connectivity index (χ1v) is 8.33. The molecule has 4 atom stereocenters. The maximum Gasteiger partial charge on any atom is 0.307 e. The van der Waals surface area contributed by atoms with Gasteiger partial charge in [0.2, 0.25) is 11.7 Å². The minimum atomic E-state index is -0.878. The summed E-state index contributed by atoms with van der Waals surface area (Å²) in [7, 11) is 4.50. The van der Waals surface area contributed by atoms with Crippen molar-refractivity contribution >= 4 is 17.6 Å². The van der Waals surface area contributed by atoms with Gasteiger partial charge in [-0.1, -0.05) is 0 Å². The zero-order chi connectivity index (χ0) is 18.1. The molecule has 2 aliphatic rings. The van der Waals surface area contributed by atoms with Crippen molar-refractivity contribution in [2.24, 2.45) is 23.7 Å². The quantitative estimate of drug-likeness (QED) is 0.819. The fourth-order valence-corrected chi connectivity index (χ4v) is 4.40. The number of hydrogen-bond acceptors (Lipinski definition) is 5. The van der Waals surface area contributed by atoms with Crippen LogP contribution in [-0.2, 0) is 9.59 Å². The molecule has 0 unspecified atom stereocenters. The molecule has 2 fully saturated rings. The molecule has 0 aliphatic heterocycles. The third kappa shape index (κ3) is 2.99. The van der Waals surface area contributed by atoms with Gasteiger partial charge >= 0.3 is 5.97 Å². The van der Waals surface area contributed by atoms with Crippen molar-refractivity contribution in [1.29, 1.82) is 0 Å². The number of rotatable bonds is 6. The van der Waals surface area contributed by atoms with E-state index in [9.17, 15) is 14.7 Å². The first-order valence-electron chi connectivity index (χ1n) is 8.33. The molecule has 1 aromatic carbocycles. The second-order valence-electron chi connectivity index (χ2n) is 6.63. The number of hydrogen-bond donors (Lipinski definition) is 2. The number of amides is 1. The summed E-state index contributed by atoms with van der Waals surface area (Å²) in [4.78, 5) is 24.4. The monoisotopic (exact) mass is 349 g/mol. The number of ether oxygens (including phenoxy) is 3. The van der Waals surface area contributed by atoms with Gasteiger partial charge < -0.3 is 24.6 Å². The van der Waals surface area contributed by atoms with Gasteiger partial charge in [-0.05, 0) is 31.1 Å². The Bertz CT molecular complexity index is 663. The predicted molar refractivity (Wildman–Crippen MR) is 90.2 cm³/mol. The topological polar surface area (TPSA) is 94.1 Å². The number of nitrogens with one attached hydrogen (secondary N) is 1. The molecule has 7 heteroatoms. The number of carbonyl (C=O) groups is 2. The highest BCUT2D eigenvalue weighted by Crippen LogP contribution is 2.52. The van der Waals surface area contributed by atoms with E-state index in [0.29, 0.717) is 22.9 Å². The lowest BCUT2D eigenvalue weighted by Gasteiger charge is -2.27. The highest BCUT2D eigenvalue weighted by Gasteiger charge is 2.54. The number of methoxy groups -OCH3 is 3. The van der Waals surface area contributed by atoms with Crippen molar-refractivity contribution in [3.63, 3.8) is 0 Å². The Balaban J connectivity index is 1.84. The number of fused-ring (bicyclic) bond motifs is 2. The minimum absolute atomic E-state index is 0.109. The van der Waals surface area contributed by atoms with Crippen molar-refractivity contribution in [2.45, 2.75) is 19.3 Å². The first-order chi connectivity index (χ1) is 12.0. The van der Waals surface area contributed by atoms with Crippen LogP contribution in [0.4, 0.5) is 5.69 Å². The lowest BCUT2D eigenvalue weighted by molar-refractivity contribution is -0.148. The molecule has 2 N–H and O–H groups in total. The van der Waals surface area contributed by atoms with Crippen LogP contribution < -0.4 is 19.5 Å². The third-order valence-electron chi connectivity index (χ3n) is 5.44. The summed E-state index contributed by atoms with van der Waals surface area (Å²) in [5.41, 5.74) is 0.492. The zero-order valence-corrected chi connectivity index (χ0v) is 14.6. The number of benzene rings is 1. The second-order valence-corrected chi connectivity index (χ2v) is 6.63. The molecule has 7 nitrogen and oxygen atoms in total. The van der Waals surface area contributed by atoms with E-state index in [-0.39, 0.29) is 17.7 Å². The van der Waals surface area contributed by atoms with Crippen LogP contribution in [0, 0.1) is 23.7 Å². The van der Waals surface area contributed by atoms with Gasteiger partial charge in [0, 0.05) is 17.8 Å². The molecular weight excluding hydrogens is 326 g/mol. The van der Waals surface area contributed by atoms with Gasteiger partial charge in [0.25, 0.3) is 0 Å². The third-order valence-corrected chi connectivity index (χ3v) is 5.44. The van der Waals surface area contributed by atoms with Crippen LogP contribution in [0.5, 0.6) is 17.2 Å². The van der Waals surface area contributed by atoms with Crippen LogP contribution in [0.2, 0.25) is 0 Å². The Morgan fingerprint density at radius 2 is 1.56 bits per heavy atom. The summed E-state index contributed by atoms with van der Waals surface area (Å²) in [5.74, 6) is -0.667. The van der Waals surface area contributed by atoms with E-state index in [1.165, 1.54) is 21.3 Å². The summed E-state index contributed by atoms with van der Waals surface area (Å²) in [6.45, 7) is 0. The minimum Gasteiger partial charge on any atom is -0.493 e. The molecule has 2 saturated carbocycles. The summed E-state index contributed by atoms with van der Waals surface area (Å²) < 4.78 is 15.8. The van der Waals surface area contributed by atoms with Crippen molar-refractivity contribution in [1.82, 2.24) is 0 Å². The van der Waals surface area contributed by atoms with E-state index in [1.54, 1.807) is 12.1 Å². The number of carboxylic acid groups (broad SMARTS) is 1. The number of carboxylic acids is 1. The van der Waals surface area contributed by atoms with Crippen LogP contribution >= 0.6 is 0 Å². The number of carbonyl (C=O) groups excluding carboxylic acids is 1. The van der Waals surface area contributed by atoms with Crippen molar-refractivity contribution < 1.29 is 28.9 Å². The Labute approximate surface area is 146 Å². The molecule has 1 amide bonds. The Morgan fingerprint density at radius 1 is 1.00 bits per heavy atom. The van der Waals surface area contributed by atoms with Crippen molar-refractivity contribution in [2.75, 3.05) is 26.6 Å². The second kappa shape index (κ2) is 6.82. The largest absolute Gasteiger partial charge is 0.493 e. The lowest BCUT2D eigenvalue weighted by Crippen LogP contribution is -2.37. The molecule has 0 spiro atoms.